The van der Waals surface area contributed by atoms with Gasteiger partial charge in [-0.25, -0.2) is 0 Å². The molecule has 0 aromatic rings. The van der Waals surface area contributed by atoms with E-state index < -0.39 is 0 Å². The molecule has 0 saturated heterocycles. The lowest BCUT2D eigenvalue weighted by molar-refractivity contribution is -0.117. The van der Waals surface area contributed by atoms with Gasteiger partial charge in [-0.1, -0.05) is 6.42 Å². The summed E-state index contributed by atoms with van der Waals surface area (Å²) in [5.74, 6) is 2.55. The maximum atomic E-state index is 10.7. The molecule has 15 heavy (non-hydrogen) atoms. The molecule has 2 bridgehead atoms. The SMILES string of the molecule is CC(=O)NC(=S)NCC1CC2CCC1C2. The van der Waals surface area contributed by atoms with Crippen LogP contribution in [0.3, 0.4) is 0 Å². The monoisotopic (exact) mass is 226 g/mol. The number of amides is 1. The normalized spacial score (nSPS) is 32.7. The minimum atomic E-state index is -0.0968. The molecule has 0 heterocycles. The maximum absolute atomic E-state index is 10.7. The molecule has 2 fully saturated rings. The molecule has 0 spiro atoms. The predicted molar refractivity (Wildman–Crippen MR) is 63.4 cm³/mol. The Labute approximate surface area is 96.0 Å². The Morgan fingerprint density at radius 3 is 2.73 bits per heavy atom. The van der Waals surface area contributed by atoms with Crippen LogP contribution >= 0.6 is 12.2 Å². The molecule has 3 atom stereocenters. The lowest BCUT2D eigenvalue weighted by Crippen LogP contribution is -2.40. The highest BCUT2D eigenvalue weighted by atomic mass is 32.1. The topological polar surface area (TPSA) is 41.1 Å². The van der Waals surface area contributed by atoms with Gasteiger partial charge in [-0.05, 0) is 49.2 Å². The third kappa shape index (κ3) is 2.68. The first kappa shape index (κ1) is 10.9. The summed E-state index contributed by atoms with van der Waals surface area (Å²) >= 11 is 5.01. The Morgan fingerprint density at radius 1 is 1.40 bits per heavy atom. The molecule has 3 nitrogen and oxygen atoms in total. The number of nitrogens with one attached hydrogen (secondary N) is 2. The molecular weight excluding hydrogens is 208 g/mol. The zero-order valence-electron chi connectivity index (χ0n) is 9.08. The van der Waals surface area contributed by atoms with Gasteiger partial charge in [0, 0.05) is 13.5 Å². The van der Waals surface area contributed by atoms with E-state index in [0.29, 0.717) is 5.11 Å². The summed E-state index contributed by atoms with van der Waals surface area (Å²) < 4.78 is 0. The highest BCUT2D eigenvalue weighted by molar-refractivity contribution is 7.80. The van der Waals surface area contributed by atoms with Crippen LogP contribution < -0.4 is 10.6 Å². The number of carbonyl (C=O) groups is 1. The van der Waals surface area contributed by atoms with Crippen molar-refractivity contribution in [3.63, 3.8) is 0 Å². The van der Waals surface area contributed by atoms with Crippen molar-refractivity contribution in [2.75, 3.05) is 6.54 Å². The minimum absolute atomic E-state index is 0.0968. The minimum Gasteiger partial charge on any atom is -0.362 e. The van der Waals surface area contributed by atoms with Gasteiger partial charge in [0.2, 0.25) is 5.91 Å². The van der Waals surface area contributed by atoms with Crippen molar-refractivity contribution in [2.45, 2.75) is 32.6 Å². The Hall–Kier alpha value is -0.640. The van der Waals surface area contributed by atoms with Crippen LogP contribution in [0.15, 0.2) is 0 Å². The molecule has 4 heteroatoms. The van der Waals surface area contributed by atoms with E-state index in [2.05, 4.69) is 10.6 Å². The van der Waals surface area contributed by atoms with E-state index in [1.54, 1.807) is 0 Å². The smallest absolute Gasteiger partial charge is 0.222 e. The third-order valence-corrected chi connectivity index (χ3v) is 3.95. The number of carbonyl (C=O) groups excluding carboxylic acids is 1. The first-order valence-corrected chi connectivity index (χ1v) is 6.11. The zero-order valence-corrected chi connectivity index (χ0v) is 9.90. The van der Waals surface area contributed by atoms with E-state index in [-0.39, 0.29) is 5.91 Å². The quantitative estimate of drug-likeness (QED) is 0.700. The Kier molecular flexibility index (Phi) is 3.24. The average molecular weight is 226 g/mol. The van der Waals surface area contributed by atoms with Gasteiger partial charge < -0.3 is 10.6 Å². The molecule has 1 amide bonds. The molecule has 0 aromatic carbocycles. The summed E-state index contributed by atoms with van der Waals surface area (Å²) in [4.78, 5) is 10.7. The van der Waals surface area contributed by atoms with Crippen LogP contribution in [0.2, 0.25) is 0 Å². The van der Waals surface area contributed by atoms with Crippen LogP contribution in [-0.4, -0.2) is 17.6 Å². The number of thiocarbonyl (C=S) groups is 1. The zero-order chi connectivity index (χ0) is 10.8. The third-order valence-electron chi connectivity index (χ3n) is 3.70. The van der Waals surface area contributed by atoms with Crippen LogP contribution in [-0.2, 0) is 4.79 Å². The molecular formula is C11H18N2OS. The number of hydrogen-bond donors (Lipinski definition) is 2. The molecule has 3 unspecified atom stereocenters. The molecule has 2 aliphatic carbocycles. The van der Waals surface area contributed by atoms with Gasteiger partial charge in [-0.15, -0.1) is 0 Å². The van der Waals surface area contributed by atoms with Crippen LogP contribution in [0.5, 0.6) is 0 Å². The molecule has 2 aliphatic rings. The van der Waals surface area contributed by atoms with Gasteiger partial charge in [0.1, 0.15) is 0 Å². The van der Waals surface area contributed by atoms with E-state index in [1.807, 2.05) is 0 Å². The van der Waals surface area contributed by atoms with Crippen LogP contribution in [0, 0.1) is 17.8 Å². The summed E-state index contributed by atoms with van der Waals surface area (Å²) in [6, 6.07) is 0. The van der Waals surface area contributed by atoms with Gasteiger partial charge in [0.15, 0.2) is 5.11 Å². The van der Waals surface area contributed by atoms with Crippen molar-refractivity contribution >= 4 is 23.2 Å². The van der Waals surface area contributed by atoms with Crippen molar-refractivity contribution in [3.05, 3.63) is 0 Å². The van der Waals surface area contributed by atoms with E-state index in [9.17, 15) is 4.79 Å². The fourth-order valence-corrected chi connectivity index (χ4v) is 3.28. The van der Waals surface area contributed by atoms with Gasteiger partial charge >= 0.3 is 0 Å². The second kappa shape index (κ2) is 4.47. The largest absolute Gasteiger partial charge is 0.362 e. The number of rotatable bonds is 2. The fraction of sp³-hybridized carbons (Fsp3) is 0.818. The fourth-order valence-electron chi connectivity index (χ4n) is 3.05. The van der Waals surface area contributed by atoms with Crippen LogP contribution in [0.25, 0.3) is 0 Å². The second-order valence-electron chi connectivity index (χ2n) is 4.83. The lowest BCUT2D eigenvalue weighted by Gasteiger charge is -2.22. The molecule has 0 radical (unpaired) electrons. The van der Waals surface area contributed by atoms with E-state index >= 15 is 0 Å². The summed E-state index contributed by atoms with van der Waals surface area (Å²) in [5.41, 5.74) is 0. The molecule has 0 aliphatic heterocycles. The number of fused-ring (bicyclic) bond motifs is 2. The average Bonchev–Trinajstić information content (AvgIpc) is 2.74. The van der Waals surface area contributed by atoms with Crippen LogP contribution in [0.1, 0.15) is 32.6 Å². The van der Waals surface area contributed by atoms with Crippen molar-refractivity contribution < 1.29 is 4.79 Å². The first-order valence-electron chi connectivity index (χ1n) is 5.70. The van der Waals surface area contributed by atoms with E-state index in [4.69, 9.17) is 12.2 Å². The van der Waals surface area contributed by atoms with Crippen molar-refractivity contribution in [3.8, 4) is 0 Å². The first-order chi connectivity index (χ1) is 7.15. The van der Waals surface area contributed by atoms with Crippen molar-refractivity contribution in [2.24, 2.45) is 17.8 Å². The molecule has 2 rings (SSSR count). The Bertz CT molecular complexity index is 280. The Morgan fingerprint density at radius 2 is 2.20 bits per heavy atom. The van der Waals surface area contributed by atoms with Gasteiger partial charge in [0.05, 0.1) is 0 Å². The van der Waals surface area contributed by atoms with Crippen LogP contribution in [0.4, 0.5) is 0 Å². The van der Waals surface area contributed by atoms with Crippen molar-refractivity contribution in [1.82, 2.24) is 10.6 Å². The second-order valence-corrected chi connectivity index (χ2v) is 5.23. The maximum Gasteiger partial charge on any atom is 0.222 e. The summed E-state index contributed by atoms with van der Waals surface area (Å²) in [6.07, 6.45) is 5.58. The highest BCUT2D eigenvalue weighted by Gasteiger charge is 2.39. The van der Waals surface area contributed by atoms with E-state index in [0.717, 1.165) is 24.3 Å². The lowest BCUT2D eigenvalue weighted by atomic mass is 9.89. The van der Waals surface area contributed by atoms with E-state index in [1.165, 1.54) is 32.6 Å². The highest BCUT2D eigenvalue weighted by Crippen LogP contribution is 2.47. The molecule has 84 valence electrons. The van der Waals surface area contributed by atoms with Gasteiger partial charge in [-0.3, -0.25) is 4.79 Å². The molecule has 0 aromatic heterocycles. The standard InChI is InChI=1S/C11H18N2OS/c1-7(14)13-11(15)12-6-10-5-8-2-3-9(10)4-8/h8-10H,2-6H2,1H3,(H2,12,13,14,15). The summed E-state index contributed by atoms with van der Waals surface area (Å²) in [7, 11) is 0. The predicted octanol–water partition coefficient (Wildman–Crippen LogP) is 1.43. The summed E-state index contributed by atoms with van der Waals surface area (Å²) in [5, 5.41) is 6.21. The molecule has 2 N–H and O–H groups in total. The summed E-state index contributed by atoms with van der Waals surface area (Å²) in [6.45, 7) is 2.41. The number of hydrogen-bond acceptors (Lipinski definition) is 2. The van der Waals surface area contributed by atoms with Crippen molar-refractivity contribution in [1.29, 1.82) is 0 Å². The molecule has 2 saturated carbocycles. The van der Waals surface area contributed by atoms with Gasteiger partial charge in [0.25, 0.3) is 0 Å². The Balaban J connectivity index is 1.70. The van der Waals surface area contributed by atoms with Gasteiger partial charge in [-0.2, -0.15) is 0 Å².